The van der Waals surface area contributed by atoms with Crippen LogP contribution in [0.2, 0.25) is 0 Å². The average Bonchev–Trinajstić information content (AvgIpc) is 2.46. The van der Waals surface area contributed by atoms with Crippen molar-refractivity contribution in [2.24, 2.45) is 0 Å². The van der Waals surface area contributed by atoms with Crippen molar-refractivity contribution in [3.8, 4) is 5.75 Å². The highest BCUT2D eigenvalue weighted by atomic mass is 16.5. The molecule has 4 heteroatoms. The molecular formula is C17H26N2O2. The van der Waals surface area contributed by atoms with E-state index in [2.05, 4.69) is 17.4 Å². The van der Waals surface area contributed by atoms with E-state index in [0.717, 1.165) is 25.1 Å². The third-order valence-corrected chi connectivity index (χ3v) is 3.86. The molecule has 1 atom stereocenters. The van der Waals surface area contributed by atoms with Crippen LogP contribution >= 0.6 is 0 Å². The summed E-state index contributed by atoms with van der Waals surface area (Å²) in [6.45, 7) is 3.27. The lowest BCUT2D eigenvalue weighted by Crippen LogP contribution is -2.39. The minimum absolute atomic E-state index is 0.0606. The molecule has 1 amide bonds. The van der Waals surface area contributed by atoms with E-state index in [-0.39, 0.29) is 5.91 Å². The molecule has 21 heavy (non-hydrogen) atoms. The molecule has 0 spiro atoms. The number of nitrogens with one attached hydrogen (secondary N) is 1. The highest BCUT2D eigenvalue weighted by molar-refractivity contribution is 5.80. The number of rotatable bonds is 6. The van der Waals surface area contributed by atoms with Crippen LogP contribution in [-0.4, -0.2) is 44.1 Å². The van der Waals surface area contributed by atoms with Gasteiger partial charge in [-0.3, -0.25) is 4.79 Å². The number of fused-ring (bicyclic) bond motifs is 1. The Morgan fingerprint density at radius 2 is 2.00 bits per heavy atom. The minimum atomic E-state index is -0.464. The molecular weight excluding hydrogens is 264 g/mol. The van der Waals surface area contributed by atoms with Gasteiger partial charge in [0.1, 0.15) is 5.75 Å². The highest BCUT2D eigenvalue weighted by Gasteiger charge is 2.16. The monoisotopic (exact) mass is 290 g/mol. The number of hydrogen-bond donors (Lipinski definition) is 1. The van der Waals surface area contributed by atoms with Crippen LogP contribution in [0.5, 0.6) is 5.75 Å². The van der Waals surface area contributed by atoms with Gasteiger partial charge in [-0.2, -0.15) is 0 Å². The van der Waals surface area contributed by atoms with Crippen LogP contribution in [-0.2, 0) is 17.6 Å². The normalized spacial score (nSPS) is 15.4. The van der Waals surface area contributed by atoms with Gasteiger partial charge in [0.25, 0.3) is 5.91 Å². The number of likely N-dealkylation sites (N-methyl/N-ethyl adjacent to an activating group) is 1. The molecule has 1 N–H and O–H groups in total. The summed E-state index contributed by atoms with van der Waals surface area (Å²) in [4.78, 5) is 14.0. The van der Waals surface area contributed by atoms with Crippen molar-refractivity contribution in [1.29, 1.82) is 0 Å². The predicted molar refractivity (Wildman–Crippen MR) is 84.7 cm³/mol. The van der Waals surface area contributed by atoms with E-state index in [1.807, 2.05) is 25.1 Å². The zero-order valence-electron chi connectivity index (χ0n) is 13.3. The van der Waals surface area contributed by atoms with Crippen molar-refractivity contribution in [2.75, 3.05) is 27.2 Å². The van der Waals surface area contributed by atoms with Gasteiger partial charge in [-0.15, -0.1) is 0 Å². The van der Waals surface area contributed by atoms with E-state index in [4.69, 9.17) is 4.74 Å². The zero-order chi connectivity index (χ0) is 15.2. The fourth-order valence-electron chi connectivity index (χ4n) is 2.59. The summed E-state index contributed by atoms with van der Waals surface area (Å²) in [5, 5.41) is 2.89. The Bertz CT molecular complexity index is 486. The molecule has 1 aromatic carbocycles. The van der Waals surface area contributed by atoms with Gasteiger partial charge in [-0.1, -0.05) is 6.07 Å². The van der Waals surface area contributed by atoms with Crippen LogP contribution < -0.4 is 10.1 Å². The number of amides is 1. The van der Waals surface area contributed by atoms with E-state index in [1.165, 1.54) is 24.0 Å². The van der Waals surface area contributed by atoms with Crippen LogP contribution in [0.1, 0.15) is 30.9 Å². The van der Waals surface area contributed by atoms with E-state index >= 15 is 0 Å². The topological polar surface area (TPSA) is 41.6 Å². The lowest BCUT2D eigenvalue weighted by molar-refractivity contribution is -0.127. The first kappa shape index (κ1) is 15.8. The number of carbonyl (C=O) groups is 1. The first-order valence-electron chi connectivity index (χ1n) is 7.77. The molecule has 1 aliphatic rings. The lowest BCUT2D eigenvalue weighted by atomic mass is 9.92. The second-order valence-electron chi connectivity index (χ2n) is 5.99. The molecule has 0 aliphatic heterocycles. The van der Waals surface area contributed by atoms with Gasteiger partial charge in [-0.25, -0.2) is 0 Å². The predicted octanol–water partition coefficient (Wildman–Crippen LogP) is 2.01. The molecule has 0 fully saturated rings. The summed E-state index contributed by atoms with van der Waals surface area (Å²) in [6, 6.07) is 6.21. The fourth-order valence-corrected chi connectivity index (χ4v) is 2.59. The quantitative estimate of drug-likeness (QED) is 0.871. The summed E-state index contributed by atoms with van der Waals surface area (Å²) in [7, 11) is 3.97. The lowest BCUT2D eigenvalue weighted by Gasteiger charge is -2.19. The van der Waals surface area contributed by atoms with Crippen LogP contribution in [0.15, 0.2) is 18.2 Å². The Labute approximate surface area is 127 Å². The summed E-state index contributed by atoms with van der Waals surface area (Å²) in [5.41, 5.74) is 2.80. The summed E-state index contributed by atoms with van der Waals surface area (Å²) < 4.78 is 5.77. The van der Waals surface area contributed by atoms with E-state index < -0.39 is 6.10 Å². The Kier molecular flexibility index (Phi) is 5.62. The average molecular weight is 290 g/mol. The fraction of sp³-hybridized carbons (Fsp3) is 0.588. The number of hydrogen-bond acceptors (Lipinski definition) is 3. The van der Waals surface area contributed by atoms with E-state index in [1.54, 1.807) is 6.92 Å². The zero-order valence-corrected chi connectivity index (χ0v) is 13.3. The van der Waals surface area contributed by atoms with Crippen molar-refractivity contribution in [3.05, 3.63) is 29.3 Å². The van der Waals surface area contributed by atoms with Gasteiger partial charge < -0.3 is 15.0 Å². The van der Waals surface area contributed by atoms with Crippen LogP contribution in [0.4, 0.5) is 0 Å². The number of ether oxygens (including phenoxy) is 1. The summed E-state index contributed by atoms with van der Waals surface area (Å²) >= 11 is 0. The number of carbonyl (C=O) groups excluding carboxylic acids is 1. The summed E-state index contributed by atoms with van der Waals surface area (Å²) in [6.07, 6.45) is 4.34. The van der Waals surface area contributed by atoms with Crippen molar-refractivity contribution >= 4 is 5.91 Å². The van der Waals surface area contributed by atoms with Gasteiger partial charge in [0, 0.05) is 13.1 Å². The standard InChI is InChI=1S/C17H26N2O2/c1-13(17(20)18-10-11-19(2)3)21-16-9-8-14-6-4-5-7-15(14)12-16/h8-9,12-13H,4-7,10-11H2,1-3H3,(H,18,20)/t13-/m0/s1. The largest absolute Gasteiger partial charge is 0.481 e. The van der Waals surface area contributed by atoms with Gasteiger partial charge >= 0.3 is 0 Å². The molecule has 4 nitrogen and oxygen atoms in total. The maximum Gasteiger partial charge on any atom is 0.260 e. The Morgan fingerprint density at radius 1 is 1.29 bits per heavy atom. The molecule has 116 valence electrons. The Morgan fingerprint density at radius 3 is 2.71 bits per heavy atom. The Hall–Kier alpha value is -1.55. The molecule has 0 unspecified atom stereocenters. The first-order chi connectivity index (χ1) is 10.1. The number of nitrogens with zero attached hydrogens (tertiary/aromatic N) is 1. The molecule has 2 rings (SSSR count). The SMILES string of the molecule is C[C@H](Oc1ccc2c(c1)CCCC2)C(=O)NCCN(C)C. The van der Waals surface area contributed by atoms with Crippen molar-refractivity contribution in [3.63, 3.8) is 0 Å². The van der Waals surface area contributed by atoms with E-state index in [9.17, 15) is 4.79 Å². The molecule has 1 aliphatic carbocycles. The third-order valence-electron chi connectivity index (χ3n) is 3.86. The number of benzene rings is 1. The van der Waals surface area contributed by atoms with Crippen molar-refractivity contribution in [2.45, 2.75) is 38.7 Å². The molecule has 0 saturated carbocycles. The molecule has 0 bridgehead atoms. The maximum atomic E-state index is 12.0. The highest BCUT2D eigenvalue weighted by Crippen LogP contribution is 2.25. The second-order valence-corrected chi connectivity index (χ2v) is 5.99. The summed E-state index contributed by atoms with van der Waals surface area (Å²) in [5.74, 6) is 0.737. The van der Waals surface area contributed by atoms with E-state index in [0.29, 0.717) is 6.54 Å². The third kappa shape index (κ3) is 4.74. The van der Waals surface area contributed by atoms with Crippen LogP contribution in [0.25, 0.3) is 0 Å². The molecule has 1 aromatic rings. The van der Waals surface area contributed by atoms with Gasteiger partial charge in [0.2, 0.25) is 0 Å². The van der Waals surface area contributed by atoms with Crippen molar-refractivity contribution in [1.82, 2.24) is 10.2 Å². The first-order valence-corrected chi connectivity index (χ1v) is 7.77. The minimum Gasteiger partial charge on any atom is -0.481 e. The smallest absolute Gasteiger partial charge is 0.260 e. The van der Waals surface area contributed by atoms with Crippen LogP contribution in [0, 0.1) is 0 Å². The number of aryl methyl sites for hydroxylation is 2. The van der Waals surface area contributed by atoms with Gasteiger partial charge in [-0.05, 0) is 70.0 Å². The molecule has 0 aromatic heterocycles. The molecule has 0 saturated heterocycles. The van der Waals surface area contributed by atoms with Crippen molar-refractivity contribution < 1.29 is 9.53 Å². The van der Waals surface area contributed by atoms with Crippen LogP contribution in [0.3, 0.4) is 0 Å². The molecule has 0 heterocycles. The Balaban J connectivity index is 1.87. The van der Waals surface area contributed by atoms with Gasteiger partial charge in [0.05, 0.1) is 0 Å². The molecule has 0 radical (unpaired) electrons. The van der Waals surface area contributed by atoms with Gasteiger partial charge in [0.15, 0.2) is 6.10 Å². The second kappa shape index (κ2) is 7.46. The maximum absolute atomic E-state index is 12.0.